The van der Waals surface area contributed by atoms with Crippen molar-refractivity contribution in [2.24, 2.45) is 5.92 Å². The summed E-state index contributed by atoms with van der Waals surface area (Å²) in [4.78, 5) is 15.4. The van der Waals surface area contributed by atoms with Crippen molar-refractivity contribution < 1.29 is 14.3 Å². The first-order chi connectivity index (χ1) is 16.7. The highest BCUT2D eigenvalue weighted by Crippen LogP contribution is 2.37. The van der Waals surface area contributed by atoms with Gasteiger partial charge in [-0.2, -0.15) is 0 Å². The van der Waals surface area contributed by atoms with Crippen molar-refractivity contribution in [2.75, 3.05) is 20.2 Å². The number of hydrogen-bond donors (Lipinski definition) is 0. The van der Waals surface area contributed by atoms with Crippen LogP contribution >= 0.6 is 11.3 Å². The van der Waals surface area contributed by atoms with Crippen molar-refractivity contribution in [3.63, 3.8) is 0 Å². The zero-order valence-corrected chi connectivity index (χ0v) is 21.3. The van der Waals surface area contributed by atoms with E-state index in [1.165, 1.54) is 61.9 Å². The quantitative estimate of drug-likeness (QED) is 0.260. The van der Waals surface area contributed by atoms with E-state index in [-0.39, 0.29) is 5.97 Å². The number of benzene rings is 1. The van der Waals surface area contributed by atoms with E-state index in [2.05, 4.69) is 58.8 Å². The van der Waals surface area contributed by atoms with Crippen molar-refractivity contribution in [1.29, 1.82) is 0 Å². The molecule has 1 saturated heterocycles. The van der Waals surface area contributed by atoms with Crippen LogP contribution in [0.4, 0.5) is 0 Å². The van der Waals surface area contributed by atoms with Gasteiger partial charge >= 0.3 is 5.97 Å². The van der Waals surface area contributed by atoms with Gasteiger partial charge in [-0.15, -0.1) is 11.3 Å². The van der Waals surface area contributed by atoms with Crippen LogP contribution in [0.3, 0.4) is 0 Å². The summed E-state index contributed by atoms with van der Waals surface area (Å²) in [7, 11) is 1.45. The van der Waals surface area contributed by atoms with Gasteiger partial charge < -0.3 is 14.4 Å². The number of piperidine rings is 1. The molecule has 5 heteroatoms. The van der Waals surface area contributed by atoms with Crippen molar-refractivity contribution in [3.05, 3.63) is 59.5 Å². The predicted molar refractivity (Wildman–Crippen MR) is 140 cm³/mol. The molecule has 184 valence electrons. The number of carbonyl (C=O) groups excluding carboxylic acids is 1. The Balaban J connectivity index is 1.32. The van der Waals surface area contributed by atoms with Crippen molar-refractivity contribution in [2.45, 2.75) is 76.5 Å². The molecule has 0 radical (unpaired) electrons. The lowest BCUT2D eigenvalue weighted by Gasteiger charge is -2.37. The van der Waals surface area contributed by atoms with Gasteiger partial charge in [-0.1, -0.05) is 48.9 Å². The summed E-state index contributed by atoms with van der Waals surface area (Å²) in [5, 5.41) is 2.12. The lowest BCUT2D eigenvalue weighted by atomic mass is 9.93. The average Bonchev–Trinajstić information content (AvgIpc) is 3.56. The Morgan fingerprint density at radius 1 is 1.06 bits per heavy atom. The Bertz CT molecular complexity index is 887. The number of ether oxygens (including phenoxy) is 2. The van der Waals surface area contributed by atoms with E-state index in [1.54, 1.807) is 11.3 Å². The Morgan fingerprint density at radius 3 is 2.59 bits per heavy atom. The minimum absolute atomic E-state index is 0.137. The highest BCUT2D eigenvalue weighted by Gasteiger charge is 2.39. The molecule has 1 aliphatic heterocycles. The minimum Gasteiger partial charge on any atom is -0.469 e. The Hall–Kier alpha value is -1.95. The van der Waals surface area contributed by atoms with E-state index in [0.717, 1.165) is 25.7 Å². The van der Waals surface area contributed by atoms with Gasteiger partial charge in [0.15, 0.2) is 0 Å². The van der Waals surface area contributed by atoms with E-state index in [1.807, 2.05) is 0 Å². The van der Waals surface area contributed by atoms with E-state index in [0.29, 0.717) is 31.1 Å². The number of methoxy groups -OCH3 is 1. The smallest absolute Gasteiger partial charge is 0.305 e. The van der Waals surface area contributed by atoms with Crippen molar-refractivity contribution >= 4 is 17.3 Å². The third kappa shape index (κ3) is 7.03. The Labute approximate surface area is 209 Å². The molecule has 0 spiro atoms. The molecule has 1 aromatic heterocycles. The molecule has 2 aromatic rings. The normalized spacial score (nSPS) is 23.5. The van der Waals surface area contributed by atoms with Gasteiger partial charge in [-0.05, 0) is 80.6 Å². The van der Waals surface area contributed by atoms with Crippen LogP contribution in [0.5, 0.6) is 0 Å². The first-order valence-electron chi connectivity index (χ1n) is 12.9. The van der Waals surface area contributed by atoms with Gasteiger partial charge in [0.2, 0.25) is 0 Å². The molecule has 2 heterocycles. The number of likely N-dealkylation sites (tertiary alicyclic amines) is 1. The van der Waals surface area contributed by atoms with E-state index >= 15 is 0 Å². The first kappa shape index (κ1) is 25.2. The highest BCUT2D eigenvalue weighted by atomic mass is 32.1. The molecule has 0 bridgehead atoms. The number of carbonyl (C=O) groups is 1. The molecule has 1 aliphatic carbocycles. The molecule has 4 rings (SSSR count). The zero-order valence-electron chi connectivity index (χ0n) is 20.5. The van der Waals surface area contributed by atoms with E-state index in [4.69, 9.17) is 9.47 Å². The summed E-state index contributed by atoms with van der Waals surface area (Å²) in [6.45, 7) is 3.17. The number of thiophene rings is 1. The standard InChI is InChI=1S/C29H39NO3S/c1-32-29(31)12-6-3-2-5-10-25-26(30-19-7-4-8-20-30)17-18-27(25)33-22-23-13-15-24(16-14-23)28-11-9-21-34-28/h2-3,9,11,13-16,21,25-27H,4-8,10,12,17-20,22H2,1H3/t25-,26+,27+/m1/s1. The molecule has 0 N–H and O–H groups in total. The first-order valence-corrected chi connectivity index (χ1v) is 13.8. The maximum atomic E-state index is 11.3. The summed E-state index contributed by atoms with van der Waals surface area (Å²) in [5.74, 6) is 0.441. The molecular formula is C29H39NO3S. The fourth-order valence-electron chi connectivity index (χ4n) is 5.54. The topological polar surface area (TPSA) is 38.8 Å². The van der Waals surface area contributed by atoms with Gasteiger partial charge in [0, 0.05) is 23.3 Å². The SMILES string of the molecule is COC(=O)CCC=CCC[C@H]1[C@@H](OCc2ccc(-c3cccs3)cc2)CC[C@@H]1N1CCCCC1. The van der Waals surface area contributed by atoms with Crippen LogP contribution in [0.15, 0.2) is 53.9 Å². The lowest BCUT2D eigenvalue weighted by molar-refractivity contribution is -0.140. The second-order valence-corrected chi connectivity index (χ2v) is 10.5. The molecule has 1 aromatic carbocycles. The van der Waals surface area contributed by atoms with Crippen LogP contribution in [0, 0.1) is 5.92 Å². The van der Waals surface area contributed by atoms with E-state index < -0.39 is 0 Å². The van der Waals surface area contributed by atoms with Crippen LogP contribution in [0.1, 0.15) is 63.4 Å². The molecular weight excluding hydrogens is 442 g/mol. The fourth-order valence-corrected chi connectivity index (χ4v) is 6.27. The summed E-state index contributed by atoms with van der Waals surface area (Å²) in [6.07, 6.45) is 14.6. The van der Waals surface area contributed by atoms with Crippen LogP contribution in [-0.2, 0) is 20.9 Å². The van der Waals surface area contributed by atoms with Crippen molar-refractivity contribution in [3.8, 4) is 10.4 Å². The predicted octanol–water partition coefficient (Wildman–Crippen LogP) is 6.85. The van der Waals surface area contributed by atoms with Crippen LogP contribution in [-0.4, -0.2) is 43.2 Å². The number of hydrogen-bond acceptors (Lipinski definition) is 5. The van der Waals surface area contributed by atoms with Gasteiger partial charge in [0.05, 0.1) is 19.8 Å². The number of allylic oxidation sites excluding steroid dienone is 2. The lowest BCUT2D eigenvalue weighted by Crippen LogP contribution is -2.43. The summed E-state index contributed by atoms with van der Waals surface area (Å²) in [6, 6.07) is 13.8. The second-order valence-electron chi connectivity index (χ2n) is 9.59. The maximum Gasteiger partial charge on any atom is 0.305 e. The maximum absolute atomic E-state index is 11.3. The second kappa shape index (κ2) is 13.2. The summed E-state index contributed by atoms with van der Waals surface area (Å²) in [5.41, 5.74) is 2.53. The highest BCUT2D eigenvalue weighted by molar-refractivity contribution is 7.13. The number of rotatable bonds is 11. The van der Waals surface area contributed by atoms with Gasteiger partial charge in [0.1, 0.15) is 0 Å². The van der Waals surface area contributed by atoms with Gasteiger partial charge in [0.25, 0.3) is 0 Å². The number of esters is 1. The molecule has 3 atom stereocenters. The monoisotopic (exact) mass is 481 g/mol. The Kier molecular flexibility index (Phi) is 9.78. The zero-order chi connectivity index (χ0) is 23.6. The third-order valence-corrected chi connectivity index (χ3v) is 8.30. The van der Waals surface area contributed by atoms with Crippen LogP contribution in [0.2, 0.25) is 0 Å². The van der Waals surface area contributed by atoms with Gasteiger partial charge in [-0.3, -0.25) is 4.79 Å². The molecule has 2 aliphatic rings. The fraction of sp³-hybridized carbons (Fsp3) is 0.552. The summed E-state index contributed by atoms with van der Waals surface area (Å²) >= 11 is 1.78. The summed E-state index contributed by atoms with van der Waals surface area (Å²) < 4.78 is 11.3. The molecule has 0 amide bonds. The molecule has 2 fully saturated rings. The average molecular weight is 482 g/mol. The van der Waals surface area contributed by atoms with Crippen LogP contribution < -0.4 is 0 Å². The number of nitrogens with zero attached hydrogens (tertiary/aromatic N) is 1. The molecule has 4 nitrogen and oxygen atoms in total. The third-order valence-electron chi connectivity index (χ3n) is 7.38. The largest absolute Gasteiger partial charge is 0.469 e. The molecule has 1 saturated carbocycles. The van der Waals surface area contributed by atoms with Crippen LogP contribution in [0.25, 0.3) is 10.4 Å². The molecule has 34 heavy (non-hydrogen) atoms. The minimum atomic E-state index is -0.137. The van der Waals surface area contributed by atoms with Crippen molar-refractivity contribution in [1.82, 2.24) is 4.90 Å². The Morgan fingerprint density at radius 2 is 1.85 bits per heavy atom. The van der Waals surface area contributed by atoms with E-state index in [9.17, 15) is 4.79 Å². The molecule has 0 unspecified atom stereocenters. The van der Waals surface area contributed by atoms with Gasteiger partial charge in [-0.25, -0.2) is 0 Å².